The fourth-order valence-electron chi connectivity index (χ4n) is 3.21. The van der Waals surface area contributed by atoms with E-state index in [1.54, 1.807) is 29.0 Å². The summed E-state index contributed by atoms with van der Waals surface area (Å²) >= 11 is 0. The largest absolute Gasteiger partial charge is 0.493 e. The number of para-hydroxylation sites is 2. The second-order valence-electron chi connectivity index (χ2n) is 7.24. The van der Waals surface area contributed by atoms with Gasteiger partial charge in [-0.3, -0.25) is 9.59 Å². The van der Waals surface area contributed by atoms with Gasteiger partial charge in [-0.2, -0.15) is 0 Å². The molecular formula is C23H28N2O5. The quantitative estimate of drug-likeness (QED) is 0.699. The van der Waals surface area contributed by atoms with Crippen LogP contribution >= 0.6 is 0 Å². The Kier molecular flexibility index (Phi) is 7.17. The van der Waals surface area contributed by atoms with Crippen LogP contribution in [0.5, 0.6) is 17.2 Å². The number of piperazine rings is 1. The average Bonchev–Trinajstić information content (AvgIpc) is 2.78. The van der Waals surface area contributed by atoms with E-state index in [2.05, 4.69) is 0 Å². The maximum atomic E-state index is 12.4. The molecule has 0 radical (unpaired) electrons. The lowest BCUT2D eigenvalue weighted by Gasteiger charge is -2.34. The average molecular weight is 412 g/mol. The fourth-order valence-corrected chi connectivity index (χ4v) is 3.21. The Morgan fingerprint density at radius 1 is 0.800 bits per heavy atom. The highest BCUT2D eigenvalue weighted by Crippen LogP contribution is 2.25. The monoisotopic (exact) mass is 412 g/mol. The van der Waals surface area contributed by atoms with Crippen LogP contribution in [0.15, 0.2) is 42.5 Å². The van der Waals surface area contributed by atoms with Gasteiger partial charge in [-0.05, 0) is 49.2 Å². The van der Waals surface area contributed by atoms with Crippen LogP contribution in [0, 0.1) is 13.8 Å². The predicted molar refractivity (Wildman–Crippen MR) is 113 cm³/mol. The van der Waals surface area contributed by atoms with E-state index in [1.165, 1.54) is 5.56 Å². The van der Waals surface area contributed by atoms with Crippen molar-refractivity contribution in [2.45, 2.75) is 13.8 Å². The fraction of sp³-hybridized carbons (Fsp3) is 0.391. The predicted octanol–water partition coefficient (Wildman–Crippen LogP) is 2.44. The van der Waals surface area contributed by atoms with Crippen molar-refractivity contribution in [2.24, 2.45) is 0 Å². The zero-order chi connectivity index (χ0) is 21.5. The highest BCUT2D eigenvalue weighted by molar-refractivity contribution is 5.80. The first-order valence-electron chi connectivity index (χ1n) is 9.99. The minimum Gasteiger partial charge on any atom is -0.493 e. The number of aryl methyl sites for hydroxylation is 2. The van der Waals surface area contributed by atoms with Crippen molar-refractivity contribution in [2.75, 3.05) is 46.5 Å². The van der Waals surface area contributed by atoms with Crippen LogP contribution in [0.1, 0.15) is 11.1 Å². The Labute approximate surface area is 177 Å². The number of methoxy groups -OCH3 is 1. The molecule has 3 rings (SSSR count). The van der Waals surface area contributed by atoms with Gasteiger partial charge in [0.2, 0.25) is 0 Å². The Bertz CT molecular complexity index is 891. The number of ether oxygens (including phenoxy) is 3. The second-order valence-corrected chi connectivity index (χ2v) is 7.24. The highest BCUT2D eigenvalue weighted by atomic mass is 16.5. The van der Waals surface area contributed by atoms with Gasteiger partial charge in [0.15, 0.2) is 24.7 Å². The van der Waals surface area contributed by atoms with Gasteiger partial charge < -0.3 is 24.0 Å². The van der Waals surface area contributed by atoms with Crippen LogP contribution in [-0.2, 0) is 9.59 Å². The summed E-state index contributed by atoms with van der Waals surface area (Å²) < 4.78 is 16.5. The van der Waals surface area contributed by atoms with Gasteiger partial charge in [0, 0.05) is 26.2 Å². The van der Waals surface area contributed by atoms with Crippen molar-refractivity contribution in [1.82, 2.24) is 9.80 Å². The number of benzene rings is 2. The molecule has 1 fully saturated rings. The molecule has 0 N–H and O–H groups in total. The third-order valence-corrected chi connectivity index (χ3v) is 5.25. The second kappa shape index (κ2) is 10.0. The van der Waals surface area contributed by atoms with E-state index in [1.807, 2.05) is 44.2 Å². The van der Waals surface area contributed by atoms with E-state index in [0.717, 1.165) is 5.56 Å². The van der Waals surface area contributed by atoms with E-state index in [9.17, 15) is 9.59 Å². The first-order chi connectivity index (χ1) is 14.5. The van der Waals surface area contributed by atoms with E-state index < -0.39 is 0 Å². The third-order valence-electron chi connectivity index (χ3n) is 5.25. The SMILES string of the molecule is COc1ccccc1OCC(=O)N1CCN(C(=O)COc2ccc(C)c(C)c2)CC1. The van der Waals surface area contributed by atoms with E-state index in [-0.39, 0.29) is 25.0 Å². The highest BCUT2D eigenvalue weighted by Gasteiger charge is 2.24. The van der Waals surface area contributed by atoms with E-state index in [4.69, 9.17) is 14.2 Å². The summed E-state index contributed by atoms with van der Waals surface area (Å²) in [6.07, 6.45) is 0. The number of nitrogens with zero attached hydrogens (tertiary/aromatic N) is 2. The molecule has 1 aliphatic rings. The van der Waals surface area contributed by atoms with Crippen LogP contribution in [0.3, 0.4) is 0 Å². The van der Waals surface area contributed by atoms with Gasteiger partial charge in [-0.1, -0.05) is 18.2 Å². The lowest BCUT2D eigenvalue weighted by Crippen LogP contribution is -2.52. The van der Waals surface area contributed by atoms with Gasteiger partial charge in [0.25, 0.3) is 11.8 Å². The summed E-state index contributed by atoms with van der Waals surface area (Å²) in [7, 11) is 1.56. The van der Waals surface area contributed by atoms with Gasteiger partial charge >= 0.3 is 0 Å². The smallest absolute Gasteiger partial charge is 0.260 e. The summed E-state index contributed by atoms with van der Waals surface area (Å²) in [4.78, 5) is 28.3. The standard InChI is InChI=1S/C23H28N2O5/c1-17-8-9-19(14-18(17)2)29-15-22(26)24-10-12-25(13-11-24)23(27)16-30-21-7-5-4-6-20(21)28-3/h4-9,14H,10-13,15-16H2,1-3H3. The number of carbonyl (C=O) groups excluding carboxylic acids is 2. The van der Waals surface area contributed by atoms with Crippen molar-refractivity contribution < 1.29 is 23.8 Å². The Balaban J connectivity index is 1.42. The molecule has 2 aromatic carbocycles. The van der Waals surface area contributed by atoms with Crippen LogP contribution < -0.4 is 14.2 Å². The molecule has 2 aromatic rings. The van der Waals surface area contributed by atoms with Gasteiger partial charge in [0.1, 0.15) is 5.75 Å². The molecule has 1 aliphatic heterocycles. The molecule has 0 atom stereocenters. The van der Waals surface area contributed by atoms with Crippen molar-refractivity contribution in [1.29, 1.82) is 0 Å². The Morgan fingerprint density at radius 3 is 1.93 bits per heavy atom. The third kappa shape index (κ3) is 5.43. The van der Waals surface area contributed by atoms with Crippen molar-refractivity contribution in [3.05, 3.63) is 53.6 Å². The molecule has 1 saturated heterocycles. The van der Waals surface area contributed by atoms with E-state index in [0.29, 0.717) is 43.4 Å². The zero-order valence-corrected chi connectivity index (χ0v) is 17.7. The molecule has 160 valence electrons. The first kappa shape index (κ1) is 21.5. The van der Waals surface area contributed by atoms with E-state index >= 15 is 0 Å². The molecular weight excluding hydrogens is 384 g/mol. The normalized spacial score (nSPS) is 13.7. The topological polar surface area (TPSA) is 68.3 Å². The summed E-state index contributed by atoms with van der Waals surface area (Å²) in [5, 5.41) is 0. The molecule has 7 nitrogen and oxygen atoms in total. The number of amides is 2. The minimum absolute atomic E-state index is 0.00659. The summed E-state index contributed by atoms with van der Waals surface area (Å²) in [6.45, 7) is 5.89. The van der Waals surface area contributed by atoms with Gasteiger partial charge in [0.05, 0.1) is 7.11 Å². The maximum absolute atomic E-state index is 12.4. The summed E-state index contributed by atoms with van der Waals surface area (Å²) in [6, 6.07) is 13.0. The maximum Gasteiger partial charge on any atom is 0.260 e. The first-order valence-corrected chi connectivity index (χ1v) is 9.99. The molecule has 0 spiro atoms. The lowest BCUT2D eigenvalue weighted by molar-refractivity contribution is -0.141. The summed E-state index contributed by atoms with van der Waals surface area (Å²) in [5.41, 5.74) is 2.31. The van der Waals surface area contributed by atoms with Crippen molar-refractivity contribution in [3.8, 4) is 17.2 Å². The minimum atomic E-state index is -0.112. The zero-order valence-electron chi connectivity index (χ0n) is 17.7. The van der Waals surface area contributed by atoms with Gasteiger partial charge in [-0.15, -0.1) is 0 Å². The molecule has 30 heavy (non-hydrogen) atoms. The Hall–Kier alpha value is -3.22. The number of hydrogen-bond donors (Lipinski definition) is 0. The lowest BCUT2D eigenvalue weighted by atomic mass is 10.1. The molecule has 0 aromatic heterocycles. The number of rotatable bonds is 7. The molecule has 2 amide bonds. The molecule has 0 unspecified atom stereocenters. The van der Waals surface area contributed by atoms with Crippen LogP contribution in [0.4, 0.5) is 0 Å². The van der Waals surface area contributed by atoms with Crippen LogP contribution in [0.25, 0.3) is 0 Å². The number of carbonyl (C=O) groups is 2. The summed E-state index contributed by atoms with van der Waals surface area (Å²) in [5.74, 6) is 1.62. The molecule has 0 aliphatic carbocycles. The molecule has 0 saturated carbocycles. The van der Waals surface area contributed by atoms with Crippen LogP contribution in [0.2, 0.25) is 0 Å². The molecule has 7 heteroatoms. The Morgan fingerprint density at radius 2 is 1.37 bits per heavy atom. The number of hydrogen-bond acceptors (Lipinski definition) is 5. The molecule has 0 bridgehead atoms. The van der Waals surface area contributed by atoms with Crippen molar-refractivity contribution >= 4 is 11.8 Å². The molecule has 1 heterocycles. The van der Waals surface area contributed by atoms with Gasteiger partial charge in [-0.25, -0.2) is 0 Å². The van der Waals surface area contributed by atoms with Crippen LogP contribution in [-0.4, -0.2) is 68.1 Å². The van der Waals surface area contributed by atoms with Crippen molar-refractivity contribution in [3.63, 3.8) is 0 Å².